The van der Waals surface area contributed by atoms with Crippen molar-refractivity contribution in [2.75, 3.05) is 18.0 Å². The van der Waals surface area contributed by atoms with E-state index in [4.69, 9.17) is 22.4 Å². The average molecular weight is 256 g/mol. The summed E-state index contributed by atoms with van der Waals surface area (Å²) in [6.45, 7) is 1.55. The molecule has 17 heavy (non-hydrogen) atoms. The van der Waals surface area contributed by atoms with Crippen molar-refractivity contribution in [3.05, 3.63) is 22.8 Å². The highest BCUT2D eigenvalue weighted by atomic mass is 35.5. The molecule has 0 amide bonds. The molecule has 1 aliphatic heterocycles. The normalized spacial score (nSPS) is 20.4. The van der Waals surface area contributed by atoms with E-state index >= 15 is 0 Å². The van der Waals surface area contributed by atoms with Crippen LogP contribution in [0.15, 0.2) is 12.1 Å². The molecule has 92 valence electrons. The number of nitrogens with two attached hydrogens (primary N) is 1. The number of aromatic carboxylic acids is 1. The number of hydrogen-bond donors (Lipinski definition) is 2. The van der Waals surface area contributed by atoms with Crippen molar-refractivity contribution in [2.45, 2.75) is 18.9 Å². The zero-order valence-electron chi connectivity index (χ0n) is 9.27. The first-order valence-corrected chi connectivity index (χ1v) is 5.86. The van der Waals surface area contributed by atoms with E-state index in [0.29, 0.717) is 12.4 Å². The first kappa shape index (κ1) is 12.1. The molecule has 0 aromatic carbocycles. The number of hydrogen-bond acceptors (Lipinski definition) is 4. The minimum Gasteiger partial charge on any atom is -0.476 e. The Morgan fingerprint density at radius 3 is 3.00 bits per heavy atom. The van der Waals surface area contributed by atoms with E-state index in [2.05, 4.69) is 4.98 Å². The van der Waals surface area contributed by atoms with Gasteiger partial charge in [0.15, 0.2) is 5.69 Å². The van der Waals surface area contributed by atoms with E-state index in [0.717, 1.165) is 19.4 Å². The molecule has 3 N–H and O–H groups in total. The van der Waals surface area contributed by atoms with E-state index in [1.54, 1.807) is 12.1 Å². The molecule has 5 nitrogen and oxygen atoms in total. The van der Waals surface area contributed by atoms with Gasteiger partial charge in [-0.1, -0.05) is 11.6 Å². The SMILES string of the molecule is NC1CCCN(c2ccc(Cl)c(C(=O)O)n2)C1. The fourth-order valence-electron chi connectivity index (χ4n) is 1.98. The summed E-state index contributed by atoms with van der Waals surface area (Å²) >= 11 is 5.77. The number of pyridine rings is 1. The third-order valence-corrected chi connectivity index (χ3v) is 3.12. The van der Waals surface area contributed by atoms with Crippen LogP contribution in [0.1, 0.15) is 23.3 Å². The lowest BCUT2D eigenvalue weighted by atomic mass is 10.1. The minimum atomic E-state index is -1.11. The largest absolute Gasteiger partial charge is 0.476 e. The average Bonchev–Trinajstić information content (AvgIpc) is 2.29. The van der Waals surface area contributed by atoms with Crippen molar-refractivity contribution in [3.63, 3.8) is 0 Å². The van der Waals surface area contributed by atoms with Crippen LogP contribution in [0.4, 0.5) is 5.82 Å². The van der Waals surface area contributed by atoms with E-state index in [9.17, 15) is 4.79 Å². The van der Waals surface area contributed by atoms with Gasteiger partial charge >= 0.3 is 5.97 Å². The Morgan fingerprint density at radius 2 is 2.35 bits per heavy atom. The second-order valence-corrected chi connectivity index (χ2v) is 4.56. The van der Waals surface area contributed by atoms with Crippen molar-refractivity contribution in [1.82, 2.24) is 4.98 Å². The van der Waals surface area contributed by atoms with Crippen LogP contribution >= 0.6 is 11.6 Å². The quantitative estimate of drug-likeness (QED) is 0.834. The predicted octanol–water partition coefficient (Wildman–Crippen LogP) is 1.36. The Labute approximate surface area is 104 Å². The van der Waals surface area contributed by atoms with Gasteiger partial charge < -0.3 is 15.7 Å². The monoisotopic (exact) mass is 255 g/mol. The fourth-order valence-corrected chi connectivity index (χ4v) is 2.16. The fraction of sp³-hybridized carbons (Fsp3) is 0.455. The maximum Gasteiger partial charge on any atom is 0.356 e. The Hall–Kier alpha value is -1.33. The number of halogens is 1. The molecular formula is C11H14ClN3O2. The molecule has 0 radical (unpaired) electrons. The van der Waals surface area contributed by atoms with E-state index < -0.39 is 5.97 Å². The highest BCUT2D eigenvalue weighted by Gasteiger charge is 2.20. The zero-order chi connectivity index (χ0) is 12.4. The second-order valence-electron chi connectivity index (χ2n) is 4.15. The summed E-state index contributed by atoms with van der Waals surface area (Å²) in [6.07, 6.45) is 1.99. The second kappa shape index (κ2) is 4.89. The van der Waals surface area contributed by atoms with Crippen molar-refractivity contribution < 1.29 is 9.90 Å². The number of aromatic nitrogens is 1. The van der Waals surface area contributed by atoms with Gasteiger partial charge in [0.2, 0.25) is 0 Å². The summed E-state index contributed by atoms with van der Waals surface area (Å²) in [5.41, 5.74) is 5.77. The lowest BCUT2D eigenvalue weighted by Crippen LogP contribution is -2.43. The standard InChI is InChI=1S/C11H14ClN3O2/c12-8-3-4-9(14-10(8)11(16)17)15-5-1-2-7(13)6-15/h3-4,7H,1-2,5-6,13H2,(H,16,17). The van der Waals surface area contributed by atoms with Gasteiger partial charge in [0.1, 0.15) is 5.82 Å². The third kappa shape index (κ3) is 2.68. The number of nitrogens with zero attached hydrogens (tertiary/aromatic N) is 2. The minimum absolute atomic E-state index is 0.108. The molecule has 2 rings (SSSR count). The van der Waals surface area contributed by atoms with Crippen LogP contribution in [0, 0.1) is 0 Å². The topological polar surface area (TPSA) is 79.5 Å². The van der Waals surface area contributed by atoms with E-state index in [-0.39, 0.29) is 16.8 Å². The van der Waals surface area contributed by atoms with Crippen LogP contribution in [0.3, 0.4) is 0 Å². The van der Waals surface area contributed by atoms with Crippen LogP contribution < -0.4 is 10.6 Å². The highest BCUT2D eigenvalue weighted by molar-refractivity contribution is 6.33. The van der Waals surface area contributed by atoms with Gasteiger partial charge in [-0.15, -0.1) is 0 Å². The lowest BCUT2D eigenvalue weighted by molar-refractivity contribution is 0.0691. The van der Waals surface area contributed by atoms with Gasteiger partial charge in [0.25, 0.3) is 0 Å². The van der Waals surface area contributed by atoms with Crippen LogP contribution in [-0.2, 0) is 0 Å². The number of rotatable bonds is 2. The molecule has 0 bridgehead atoms. The summed E-state index contributed by atoms with van der Waals surface area (Å²) < 4.78 is 0. The van der Waals surface area contributed by atoms with Gasteiger partial charge in [-0.3, -0.25) is 0 Å². The molecule has 1 aliphatic rings. The Morgan fingerprint density at radius 1 is 1.59 bits per heavy atom. The molecule has 1 atom stereocenters. The molecule has 6 heteroatoms. The summed E-state index contributed by atoms with van der Waals surface area (Å²) in [7, 11) is 0. The molecule has 1 aromatic rings. The maximum atomic E-state index is 10.9. The summed E-state index contributed by atoms with van der Waals surface area (Å²) in [6, 6.07) is 3.41. The molecule has 1 unspecified atom stereocenters. The molecule has 0 aliphatic carbocycles. The van der Waals surface area contributed by atoms with Crippen LogP contribution in [-0.4, -0.2) is 35.2 Å². The van der Waals surface area contributed by atoms with Gasteiger partial charge in [-0.05, 0) is 25.0 Å². The number of carbonyl (C=O) groups is 1. The van der Waals surface area contributed by atoms with Crippen LogP contribution in [0.5, 0.6) is 0 Å². The molecule has 1 fully saturated rings. The molecule has 1 aromatic heterocycles. The zero-order valence-corrected chi connectivity index (χ0v) is 10.0. The molecule has 2 heterocycles. The number of anilines is 1. The summed E-state index contributed by atoms with van der Waals surface area (Å²) in [5, 5.41) is 9.11. The highest BCUT2D eigenvalue weighted by Crippen LogP contribution is 2.21. The summed E-state index contributed by atoms with van der Waals surface area (Å²) in [5.74, 6) is -0.486. The first-order chi connectivity index (χ1) is 8.08. The molecular weight excluding hydrogens is 242 g/mol. The number of carboxylic acids is 1. The number of piperidine rings is 1. The number of carboxylic acid groups (broad SMARTS) is 1. The third-order valence-electron chi connectivity index (χ3n) is 2.82. The molecule has 1 saturated heterocycles. The molecule has 0 saturated carbocycles. The van der Waals surface area contributed by atoms with E-state index in [1.807, 2.05) is 4.90 Å². The van der Waals surface area contributed by atoms with E-state index in [1.165, 1.54) is 0 Å². The Kier molecular flexibility index (Phi) is 3.49. The van der Waals surface area contributed by atoms with Crippen molar-refractivity contribution >= 4 is 23.4 Å². The Balaban J connectivity index is 2.26. The van der Waals surface area contributed by atoms with Gasteiger partial charge in [0.05, 0.1) is 5.02 Å². The predicted molar refractivity (Wildman–Crippen MR) is 65.6 cm³/mol. The van der Waals surface area contributed by atoms with Crippen LogP contribution in [0.2, 0.25) is 5.02 Å². The van der Waals surface area contributed by atoms with Crippen LogP contribution in [0.25, 0.3) is 0 Å². The van der Waals surface area contributed by atoms with Crippen molar-refractivity contribution in [3.8, 4) is 0 Å². The smallest absolute Gasteiger partial charge is 0.356 e. The first-order valence-electron chi connectivity index (χ1n) is 5.48. The maximum absolute atomic E-state index is 10.9. The molecule has 0 spiro atoms. The van der Waals surface area contributed by atoms with Crippen molar-refractivity contribution in [2.24, 2.45) is 5.73 Å². The summed E-state index contributed by atoms with van der Waals surface area (Å²) in [4.78, 5) is 17.0. The van der Waals surface area contributed by atoms with Gasteiger partial charge in [-0.25, -0.2) is 9.78 Å². The van der Waals surface area contributed by atoms with Gasteiger partial charge in [0, 0.05) is 19.1 Å². The lowest BCUT2D eigenvalue weighted by Gasteiger charge is -2.31. The Bertz CT molecular complexity index is 439. The van der Waals surface area contributed by atoms with Gasteiger partial charge in [-0.2, -0.15) is 0 Å². The van der Waals surface area contributed by atoms with Crippen molar-refractivity contribution in [1.29, 1.82) is 0 Å².